The topological polar surface area (TPSA) is 23.4 Å². The number of para-hydroxylation sites is 1. The summed E-state index contributed by atoms with van der Waals surface area (Å²) in [7, 11) is 1.72. The molecule has 6 rings (SSSR count). The first-order valence-corrected chi connectivity index (χ1v) is 12.5. The molecular formula is C31H31NO2. The first kappa shape index (κ1) is 21.1. The predicted molar refractivity (Wildman–Crippen MR) is 138 cm³/mol. The van der Waals surface area contributed by atoms with Crippen LogP contribution in [0.3, 0.4) is 0 Å². The minimum Gasteiger partial charge on any atom is -0.497 e. The highest BCUT2D eigenvalue weighted by atomic mass is 16.5. The molecule has 1 aliphatic heterocycles. The van der Waals surface area contributed by atoms with Crippen molar-refractivity contribution in [3.8, 4) is 33.9 Å². The summed E-state index contributed by atoms with van der Waals surface area (Å²) in [6, 6.07) is 28.3. The molecule has 1 aromatic heterocycles. The number of nitrogens with zero attached hydrogens (tertiary/aromatic N) is 1. The van der Waals surface area contributed by atoms with Gasteiger partial charge in [-0.05, 0) is 66.8 Å². The van der Waals surface area contributed by atoms with E-state index in [2.05, 4.69) is 90.4 Å². The Labute approximate surface area is 202 Å². The molecule has 172 valence electrons. The molecular weight excluding hydrogens is 418 g/mol. The Morgan fingerprint density at radius 1 is 0.824 bits per heavy atom. The molecule has 1 atom stereocenters. The van der Waals surface area contributed by atoms with Crippen LogP contribution in [-0.4, -0.2) is 11.7 Å². The average molecular weight is 450 g/mol. The largest absolute Gasteiger partial charge is 0.497 e. The summed E-state index contributed by atoms with van der Waals surface area (Å²) in [4.78, 5) is 0. The van der Waals surface area contributed by atoms with Gasteiger partial charge in [0.05, 0.1) is 18.5 Å². The van der Waals surface area contributed by atoms with Crippen LogP contribution in [0, 0.1) is 6.92 Å². The van der Waals surface area contributed by atoms with E-state index < -0.39 is 0 Å². The van der Waals surface area contributed by atoms with Gasteiger partial charge in [0.2, 0.25) is 0 Å². The van der Waals surface area contributed by atoms with Crippen molar-refractivity contribution in [2.24, 2.45) is 0 Å². The van der Waals surface area contributed by atoms with Gasteiger partial charge in [0.15, 0.2) is 6.10 Å². The molecule has 1 unspecified atom stereocenters. The van der Waals surface area contributed by atoms with Gasteiger partial charge >= 0.3 is 0 Å². The van der Waals surface area contributed by atoms with E-state index in [0.717, 1.165) is 11.5 Å². The quantitative estimate of drug-likeness (QED) is 0.314. The zero-order valence-electron chi connectivity index (χ0n) is 20.0. The summed E-state index contributed by atoms with van der Waals surface area (Å²) in [5.74, 6) is 1.85. The number of rotatable bonds is 4. The molecule has 3 heteroatoms. The third-order valence-electron chi connectivity index (χ3n) is 7.54. The third kappa shape index (κ3) is 3.42. The van der Waals surface area contributed by atoms with E-state index in [-0.39, 0.29) is 6.10 Å². The molecule has 1 aliphatic carbocycles. The van der Waals surface area contributed by atoms with Gasteiger partial charge in [-0.3, -0.25) is 0 Å². The van der Waals surface area contributed by atoms with E-state index >= 15 is 0 Å². The van der Waals surface area contributed by atoms with Crippen LogP contribution >= 0.6 is 0 Å². The fraction of sp³-hybridized carbons (Fsp3) is 0.290. The molecule has 3 nitrogen and oxygen atoms in total. The maximum absolute atomic E-state index is 6.78. The summed E-state index contributed by atoms with van der Waals surface area (Å²) in [6.07, 6.45) is 6.20. The summed E-state index contributed by atoms with van der Waals surface area (Å²) in [5, 5.41) is 0. The Morgan fingerprint density at radius 2 is 1.53 bits per heavy atom. The molecule has 4 aromatic rings. The highest BCUT2D eigenvalue weighted by Crippen LogP contribution is 2.52. The van der Waals surface area contributed by atoms with Crippen LogP contribution < -0.4 is 9.47 Å². The van der Waals surface area contributed by atoms with Crippen LogP contribution in [0.2, 0.25) is 0 Å². The highest BCUT2D eigenvalue weighted by molar-refractivity contribution is 5.85. The highest BCUT2D eigenvalue weighted by Gasteiger charge is 2.37. The van der Waals surface area contributed by atoms with Crippen molar-refractivity contribution in [2.75, 3.05) is 7.11 Å². The van der Waals surface area contributed by atoms with Gasteiger partial charge in [0.25, 0.3) is 0 Å². The molecule has 1 saturated carbocycles. The third-order valence-corrected chi connectivity index (χ3v) is 7.54. The average Bonchev–Trinajstić information content (AvgIpc) is 3.22. The summed E-state index contributed by atoms with van der Waals surface area (Å²) in [6.45, 7) is 2.29. The number of aromatic nitrogens is 1. The molecule has 0 spiro atoms. The zero-order valence-corrected chi connectivity index (χ0v) is 20.0. The molecule has 2 aliphatic rings. The lowest BCUT2D eigenvalue weighted by atomic mass is 9.91. The number of methoxy groups -OCH3 is 1. The molecule has 1 fully saturated rings. The Balaban J connectivity index is 1.66. The van der Waals surface area contributed by atoms with Crippen LogP contribution in [0.25, 0.3) is 22.4 Å². The minimum absolute atomic E-state index is 0.126. The smallest absolute Gasteiger partial charge is 0.164 e. The van der Waals surface area contributed by atoms with Crippen LogP contribution in [0.1, 0.15) is 61.1 Å². The van der Waals surface area contributed by atoms with Crippen molar-refractivity contribution >= 4 is 0 Å². The van der Waals surface area contributed by atoms with Crippen molar-refractivity contribution in [1.29, 1.82) is 0 Å². The Morgan fingerprint density at radius 3 is 2.26 bits per heavy atom. The van der Waals surface area contributed by atoms with Gasteiger partial charge in [-0.2, -0.15) is 0 Å². The van der Waals surface area contributed by atoms with Gasteiger partial charge in [-0.25, -0.2) is 0 Å². The fourth-order valence-corrected chi connectivity index (χ4v) is 5.96. The molecule has 3 aromatic carbocycles. The van der Waals surface area contributed by atoms with Crippen molar-refractivity contribution in [2.45, 2.75) is 51.2 Å². The fourth-order valence-electron chi connectivity index (χ4n) is 5.96. The zero-order chi connectivity index (χ0) is 23.1. The molecule has 0 saturated heterocycles. The van der Waals surface area contributed by atoms with Crippen molar-refractivity contribution in [3.05, 3.63) is 95.7 Å². The van der Waals surface area contributed by atoms with Crippen LogP contribution in [0.5, 0.6) is 11.5 Å². The van der Waals surface area contributed by atoms with Crippen LogP contribution in [-0.2, 0) is 0 Å². The second-order valence-corrected chi connectivity index (χ2v) is 9.53. The van der Waals surface area contributed by atoms with Crippen molar-refractivity contribution in [1.82, 2.24) is 4.57 Å². The van der Waals surface area contributed by atoms with E-state index in [1.807, 2.05) is 0 Å². The first-order valence-electron chi connectivity index (χ1n) is 12.5. The van der Waals surface area contributed by atoms with E-state index in [9.17, 15) is 0 Å². The number of benzene rings is 3. The van der Waals surface area contributed by atoms with Crippen LogP contribution in [0.15, 0.2) is 78.9 Å². The molecule has 0 N–H and O–H groups in total. The summed E-state index contributed by atoms with van der Waals surface area (Å²) >= 11 is 0. The summed E-state index contributed by atoms with van der Waals surface area (Å²) in [5.41, 5.74) is 8.94. The van der Waals surface area contributed by atoms with Gasteiger partial charge in [-0.15, -0.1) is 0 Å². The number of hydrogen-bond acceptors (Lipinski definition) is 2. The molecule has 2 heterocycles. The SMILES string of the molecule is COc1ccc(-c2c(C)c3c(n2C2CCCCC2)C(c2ccccc2)Oc2ccccc2-3)cc1. The molecule has 0 radical (unpaired) electrons. The standard InChI is InChI=1S/C31H31NO2/c1-21-28-26-15-9-10-16-27(26)34-31(23-11-5-3-6-12-23)30(28)32(24-13-7-4-8-14-24)29(21)22-17-19-25(33-2)20-18-22/h3,5-6,9-12,15-20,24,31H,4,7-8,13-14H2,1-2H3. The minimum atomic E-state index is -0.126. The predicted octanol–water partition coefficient (Wildman–Crippen LogP) is 8.13. The van der Waals surface area contributed by atoms with E-state index in [1.165, 1.54) is 71.3 Å². The molecule has 34 heavy (non-hydrogen) atoms. The van der Waals surface area contributed by atoms with Crippen molar-refractivity contribution in [3.63, 3.8) is 0 Å². The van der Waals surface area contributed by atoms with E-state index in [0.29, 0.717) is 6.04 Å². The first-order chi connectivity index (χ1) is 16.8. The molecule has 0 bridgehead atoms. The Bertz CT molecular complexity index is 1300. The van der Waals surface area contributed by atoms with E-state index in [4.69, 9.17) is 9.47 Å². The summed E-state index contributed by atoms with van der Waals surface area (Å²) < 4.78 is 14.9. The monoisotopic (exact) mass is 449 g/mol. The van der Waals surface area contributed by atoms with E-state index in [1.54, 1.807) is 7.11 Å². The lowest BCUT2D eigenvalue weighted by Gasteiger charge is -2.33. The number of hydrogen-bond donors (Lipinski definition) is 0. The normalized spacial score (nSPS) is 17.5. The second kappa shape index (κ2) is 8.72. The molecule has 0 amide bonds. The second-order valence-electron chi connectivity index (χ2n) is 9.53. The van der Waals surface area contributed by atoms with Gasteiger partial charge in [0.1, 0.15) is 11.5 Å². The number of ether oxygens (including phenoxy) is 2. The van der Waals surface area contributed by atoms with Gasteiger partial charge < -0.3 is 14.0 Å². The van der Waals surface area contributed by atoms with Crippen molar-refractivity contribution < 1.29 is 9.47 Å². The van der Waals surface area contributed by atoms with Gasteiger partial charge in [0, 0.05) is 17.2 Å². The van der Waals surface area contributed by atoms with Gasteiger partial charge in [-0.1, -0.05) is 67.8 Å². The lowest BCUT2D eigenvalue weighted by Crippen LogP contribution is -2.23. The van der Waals surface area contributed by atoms with Crippen LogP contribution in [0.4, 0.5) is 0 Å². The Kier molecular flexibility index (Phi) is 5.41. The lowest BCUT2D eigenvalue weighted by molar-refractivity contribution is 0.223. The maximum Gasteiger partial charge on any atom is 0.164 e. The maximum atomic E-state index is 6.78. The number of fused-ring (bicyclic) bond motifs is 3. The Hall–Kier alpha value is -3.46.